The summed E-state index contributed by atoms with van der Waals surface area (Å²) >= 11 is 0. The van der Waals surface area contributed by atoms with Gasteiger partial charge < -0.3 is 4.90 Å². The first-order valence-corrected chi connectivity index (χ1v) is 5.23. The third-order valence-electron chi connectivity index (χ3n) is 3.21. The van der Waals surface area contributed by atoms with Crippen LogP contribution in [0.5, 0.6) is 0 Å². The summed E-state index contributed by atoms with van der Waals surface area (Å²) in [6.45, 7) is 6.30. The number of rotatable bonds is 2. The van der Waals surface area contributed by atoms with Crippen molar-refractivity contribution in [3.8, 4) is 0 Å². The minimum Gasteiger partial charge on any atom is -0.323 e. The van der Waals surface area contributed by atoms with Gasteiger partial charge in [-0.25, -0.2) is 0 Å². The van der Waals surface area contributed by atoms with Gasteiger partial charge in [0.05, 0.1) is 12.2 Å². The number of hydrogen-bond donors (Lipinski definition) is 1. The van der Waals surface area contributed by atoms with E-state index < -0.39 is 0 Å². The van der Waals surface area contributed by atoms with Crippen molar-refractivity contribution in [3.05, 3.63) is 0 Å². The smallest absolute Gasteiger partial charge is 0.240 e. The Morgan fingerprint density at radius 3 is 2.62 bits per heavy atom. The lowest BCUT2D eigenvalue weighted by molar-refractivity contribution is -0.130. The first-order valence-electron chi connectivity index (χ1n) is 5.23. The Balaban J connectivity index is 2.09. The molecule has 4 unspecified atom stereocenters. The van der Waals surface area contributed by atoms with Crippen LogP contribution in [-0.4, -0.2) is 29.1 Å². The number of carbonyl (C=O) groups excluding carboxylic acids is 1. The summed E-state index contributed by atoms with van der Waals surface area (Å²) in [6, 6.07) is 0.549. The summed E-state index contributed by atoms with van der Waals surface area (Å²) in [4.78, 5) is 13.8. The van der Waals surface area contributed by atoms with Gasteiger partial charge in [0.2, 0.25) is 5.91 Å². The molecule has 1 aliphatic heterocycles. The highest BCUT2D eigenvalue weighted by Crippen LogP contribution is 2.38. The fraction of sp³-hybridized carbons (Fsp3) is 0.900. The van der Waals surface area contributed by atoms with Crippen molar-refractivity contribution in [2.75, 3.05) is 0 Å². The van der Waals surface area contributed by atoms with Gasteiger partial charge in [0, 0.05) is 6.04 Å². The molecule has 2 aliphatic rings. The molecule has 0 aromatic rings. The molecular formula is C10H18N2O. The van der Waals surface area contributed by atoms with Crippen LogP contribution in [0.1, 0.15) is 33.6 Å². The standard InChI is InChI=1S/C10H18N2O/c1-4-9-11-7(3)10(13)12(9)8-5-6(8)2/h6-9,11H,4-5H2,1-3H3. The molecule has 0 radical (unpaired) electrons. The molecule has 1 aliphatic carbocycles. The van der Waals surface area contributed by atoms with Gasteiger partial charge in [-0.15, -0.1) is 0 Å². The maximum absolute atomic E-state index is 11.8. The maximum Gasteiger partial charge on any atom is 0.240 e. The van der Waals surface area contributed by atoms with Gasteiger partial charge in [0.25, 0.3) is 0 Å². The van der Waals surface area contributed by atoms with Gasteiger partial charge in [-0.2, -0.15) is 0 Å². The number of amides is 1. The summed E-state index contributed by atoms with van der Waals surface area (Å²) < 4.78 is 0. The molecule has 1 saturated carbocycles. The van der Waals surface area contributed by atoms with E-state index in [1.165, 1.54) is 6.42 Å². The Bertz CT molecular complexity index is 229. The maximum atomic E-state index is 11.8. The molecule has 1 amide bonds. The molecule has 1 heterocycles. The molecule has 2 fully saturated rings. The summed E-state index contributed by atoms with van der Waals surface area (Å²) in [5, 5.41) is 3.32. The summed E-state index contributed by atoms with van der Waals surface area (Å²) in [6.07, 6.45) is 2.49. The van der Waals surface area contributed by atoms with E-state index in [2.05, 4.69) is 24.1 Å². The van der Waals surface area contributed by atoms with Crippen LogP contribution in [0.4, 0.5) is 0 Å². The van der Waals surface area contributed by atoms with Gasteiger partial charge in [-0.1, -0.05) is 13.8 Å². The third kappa shape index (κ3) is 1.35. The Hall–Kier alpha value is -0.570. The van der Waals surface area contributed by atoms with E-state index in [-0.39, 0.29) is 12.2 Å². The third-order valence-corrected chi connectivity index (χ3v) is 3.21. The summed E-state index contributed by atoms with van der Waals surface area (Å²) in [5.74, 6) is 1.01. The Morgan fingerprint density at radius 2 is 2.15 bits per heavy atom. The molecule has 0 spiro atoms. The highest BCUT2D eigenvalue weighted by Gasteiger charge is 2.47. The Morgan fingerprint density at radius 1 is 1.54 bits per heavy atom. The van der Waals surface area contributed by atoms with E-state index >= 15 is 0 Å². The van der Waals surface area contributed by atoms with E-state index in [1.54, 1.807) is 0 Å². The van der Waals surface area contributed by atoms with Crippen molar-refractivity contribution >= 4 is 5.91 Å². The molecule has 0 aromatic heterocycles. The predicted octanol–water partition coefficient (Wildman–Crippen LogP) is 0.951. The molecule has 3 heteroatoms. The lowest BCUT2D eigenvalue weighted by Gasteiger charge is -2.23. The molecule has 3 nitrogen and oxygen atoms in total. The van der Waals surface area contributed by atoms with Gasteiger partial charge in [-0.05, 0) is 25.7 Å². The zero-order chi connectivity index (χ0) is 9.59. The van der Waals surface area contributed by atoms with Crippen LogP contribution in [0.25, 0.3) is 0 Å². The summed E-state index contributed by atoms with van der Waals surface area (Å²) in [7, 11) is 0. The van der Waals surface area contributed by atoms with E-state index in [1.807, 2.05) is 6.92 Å². The first-order chi connectivity index (χ1) is 6.15. The Kier molecular flexibility index (Phi) is 2.06. The van der Waals surface area contributed by atoms with Crippen LogP contribution in [-0.2, 0) is 4.79 Å². The van der Waals surface area contributed by atoms with Crippen molar-refractivity contribution in [1.29, 1.82) is 0 Å². The molecule has 4 atom stereocenters. The number of carbonyl (C=O) groups is 1. The van der Waals surface area contributed by atoms with Crippen LogP contribution < -0.4 is 5.32 Å². The van der Waals surface area contributed by atoms with Crippen molar-refractivity contribution < 1.29 is 4.79 Å². The first kappa shape index (κ1) is 9.00. The summed E-state index contributed by atoms with van der Waals surface area (Å²) in [5.41, 5.74) is 0. The van der Waals surface area contributed by atoms with E-state index in [0.717, 1.165) is 6.42 Å². The van der Waals surface area contributed by atoms with Crippen molar-refractivity contribution in [2.24, 2.45) is 5.92 Å². The highest BCUT2D eigenvalue weighted by molar-refractivity contribution is 5.84. The molecular weight excluding hydrogens is 164 g/mol. The number of nitrogens with zero attached hydrogens (tertiary/aromatic N) is 1. The average molecular weight is 182 g/mol. The number of nitrogens with one attached hydrogen (secondary N) is 1. The van der Waals surface area contributed by atoms with Crippen molar-refractivity contribution in [1.82, 2.24) is 10.2 Å². The largest absolute Gasteiger partial charge is 0.323 e. The second-order valence-electron chi connectivity index (χ2n) is 4.34. The predicted molar refractivity (Wildman–Crippen MR) is 51.1 cm³/mol. The van der Waals surface area contributed by atoms with Gasteiger partial charge in [0.1, 0.15) is 0 Å². The molecule has 13 heavy (non-hydrogen) atoms. The van der Waals surface area contributed by atoms with Crippen LogP contribution in [0.2, 0.25) is 0 Å². The average Bonchev–Trinajstić information content (AvgIpc) is 2.73. The molecule has 2 rings (SSSR count). The quantitative estimate of drug-likeness (QED) is 0.689. The van der Waals surface area contributed by atoms with Gasteiger partial charge in [-0.3, -0.25) is 10.1 Å². The highest BCUT2D eigenvalue weighted by atomic mass is 16.2. The molecule has 1 N–H and O–H groups in total. The van der Waals surface area contributed by atoms with Crippen LogP contribution >= 0.6 is 0 Å². The van der Waals surface area contributed by atoms with Gasteiger partial charge in [0.15, 0.2) is 0 Å². The van der Waals surface area contributed by atoms with Crippen LogP contribution in [0.15, 0.2) is 0 Å². The molecule has 1 saturated heterocycles. The van der Waals surface area contributed by atoms with Crippen LogP contribution in [0.3, 0.4) is 0 Å². The molecule has 74 valence electrons. The van der Waals surface area contributed by atoms with Crippen LogP contribution in [0, 0.1) is 5.92 Å². The van der Waals surface area contributed by atoms with Crippen molar-refractivity contribution in [3.63, 3.8) is 0 Å². The normalized spacial score (nSPS) is 44.2. The SMILES string of the molecule is CCC1NC(C)C(=O)N1C1CC1C. The second kappa shape index (κ2) is 2.98. The fourth-order valence-corrected chi connectivity index (χ4v) is 2.22. The lowest BCUT2D eigenvalue weighted by atomic mass is 10.3. The monoisotopic (exact) mass is 182 g/mol. The number of hydrogen-bond acceptors (Lipinski definition) is 2. The van der Waals surface area contributed by atoms with Gasteiger partial charge >= 0.3 is 0 Å². The topological polar surface area (TPSA) is 32.3 Å². The van der Waals surface area contributed by atoms with E-state index in [9.17, 15) is 4.79 Å². The minimum absolute atomic E-state index is 0.0257. The zero-order valence-corrected chi connectivity index (χ0v) is 8.58. The van der Waals surface area contributed by atoms with E-state index in [4.69, 9.17) is 0 Å². The zero-order valence-electron chi connectivity index (χ0n) is 8.58. The lowest BCUT2D eigenvalue weighted by Crippen LogP contribution is -2.39. The minimum atomic E-state index is 0.0257. The molecule has 0 bridgehead atoms. The molecule has 0 aromatic carbocycles. The second-order valence-corrected chi connectivity index (χ2v) is 4.34. The Labute approximate surface area is 79.5 Å². The van der Waals surface area contributed by atoms with Crippen molar-refractivity contribution in [2.45, 2.75) is 51.9 Å². The fourth-order valence-electron chi connectivity index (χ4n) is 2.22. The van der Waals surface area contributed by atoms with E-state index in [0.29, 0.717) is 17.9 Å².